The number of amides is 1. The maximum atomic E-state index is 13.3. The summed E-state index contributed by atoms with van der Waals surface area (Å²) in [5.41, 5.74) is 1.65. The van der Waals surface area contributed by atoms with E-state index in [1.54, 1.807) is 14.2 Å². The van der Waals surface area contributed by atoms with Crippen LogP contribution in [0.15, 0.2) is 42.5 Å². The number of methoxy groups -OCH3 is 2. The van der Waals surface area contributed by atoms with Gasteiger partial charge in [0.2, 0.25) is 0 Å². The molecule has 0 saturated carbocycles. The van der Waals surface area contributed by atoms with Gasteiger partial charge in [-0.1, -0.05) is 6.07 Å². The van der Waals surface area contributed by atoms with Crippen LogP contribution in [0.2, 0.25) is 0 Å². The number of carbonyl (C=O) groups excluding carboxylic acids is 1. The zero-order valence-corrected chi connectivity index (χ0v) is 17.6. The first-order valence-electron chi connectivity index (χ1n) is 10.6. The SMILES string of the molecule is COc1ccc([C@@H]2CCCN2C(=O)c2cccc(OC[C@@H]3CCCO3)c2)c(OC)c1. The molecule has 0 unspecified atom stereocenters. The van der Waals surface area contributed by atoms with Gasteiger partial charge in [-0.3, -0.25) is 4.79 Å². The van der Waals surface area contributed by atoms with Crippen LogP contribution < -0.4 is 14.2 Å². The van der Waals surface area contributed by atoms with Crippen LogP contribution in [0.5, 0.6) is 17.2 Å². The van der Waals surface area contributed by atoms with E-state index in [1.165, 1.54) is 0 Å². The van der Waals surface area contributed by atoms with Crippen LogP contribution in [0.1, 0.15) is 47.6 Å². The van der Waals surface area contributed by atoms with Crippen molar-refractivity contribution in [1.29, 1.82) is 0 Å². The maximum Gasteiger partial charge on any atom is 0.254 e. The standard InChI is InChI=1S/C24H29NO5/c1-27-18-10-11-21(23(15-18)28-2)22-9-4-12-25(22)24(26)17-6-3-7-19(14-17)30-16-20-8-5-13-29-20/h3,6-7,10-11,14-15,20,22H,4-5,8-9,12-13,16H2,1-2H3/t20-,22-/m0/s1. The van der Waals surface area contributed by atoms with E-state index in [0.717, 1.165) is 55.9 Å². The Morgan fingerprint density at radius 1 is 1.07 bits per heavy atom. The van der Waals surface area contributed by atoms with Gasteiger partial charge in [0.25, 0.3) is 5.91 Å². The van der Waals surface area contributed by atoms with Crippen LogP contribution in [0.3, 0.4) is 0 Å². The fourth-order valence-electron chi connectivity index (χ4n) is 4.28. The first-order valence-corrected chi connectivity index (χ1v) is 10.6. The smallest absolute Gasteiger partial charge is 0.254 e. The number of hydrogen-bond acceptors (Lipinski definition) is 5. The van der Waals surface area contributed by atoms with Crippen LogP contribution >= 0.6 is 0 Å². The molecule has 0 radical (unpaired) electrons. The third-order valence-electron chi connectivity index (χ3n) is 5.85. The molecule has 2 atom stereocenters. The largest absolute Gasteiger partial charge is 0.497 e. The number of nitrogens with zero attached hydrogens (tertiary/aromatic N) is 1. The number of ether oxygens (including phenoxy) is 4. The van der Waals surface area contributed by atoms with Crippen molar-refractivity contribution in [1.82, 2.24) is 4.90 Å². The Labute approximate surface area is 177 Å². The second-order valence-electron chi connectivity index (χ2n) is 7.74. The van der Waals surface area contributed by atoms with Gasteiger partial charge >= 0.3 is 0 Å². The monoisotopic (exact) mass is 411 g/mol. The highest BCUT2D eigenvalue weighted by Crippen LogP contribution is 2.39. The normalized spacial score (nSPS) is 20.9. The highest BCUT2D eigenvalue weighted by Gasteiger charge is 2.32. The van der Waals surface area contributed by atoms with E-state index < -0.39 is 0 Å². The number of hydrogen-bond donors (Lipinski definition) is 0. The third-order valence-corrected chi connectivity index (χ3v) is 5.85. The number of carbonyl (C=O) groups is 1. The number of benzene rings is 2. The highest BCUT2D eigenvalue weighted by molar-refractivity contribution is 5.95. The van der Waals surface area contributed by atoms with Gasteiger partial charge in [0, 0.05) is 30.3 Å². The fourth-order valence-corrected chi connectivity index (χ4v) is 4.28. The molecule has 6 heteroatoms. The summed E-state index contributed by atoms with van der Waals surface area (Å²) in [6.45, 7) is 2.05. The van der Waals surface area contributed by atoms with Crippen LogP contribution in [0.25, 0.3) is 0 Å². The summed E-state index contributed by atoms with van der Waals surface area (Å²) in [4.78, 5) is 15.3. The molecule has 0 aromatic heterocycles. The Morgan fingerprint density at radius 2 is 1.97 bits per heavy atom. The second-order valence-corrected chi connectivity index (χ2v) is 7.74. The van der Waals surface area contributed by atoms with Crippen molar-refractivity contribution in [2.24, 2.45) is 0 Å². The van der Waals surface area contributed by atoms with Gasteiger partial charge in [-0.05, 0) is 56.0 Å². The lowest BCUT2D eigenvalue weighted by Crippen LogP contribution is -2.30. The average Bonchev–Trinajstić information content (AvgIpc) is 3.49. The first kappa shape index (κ1) is 20.5. The third kappa shape index (κ3) is 4.38. The molecule has 1 amide bonds. The summed E-state index contributed by atoms with van der Waals surface area (Å²) in [6, 6.07) is 13.2. The molecular formula is C24H29NO5. The molecule has 2 aliphatic rings. The van der Waals surface area contributed by atoms with Crippen molar-refractivity contribution < 1.29 is 23.7 Å². The Balaban J connectivity index is 1.50. The molecule has 160 valence electrons. The van der Waals surface area contributed by atoms with Gasteiger partial charge in [-0.15, -0.1) is 0 Å². The van der Waals surface area contributed by atoms with Crippen LogP contribution in [-0.4, -0.2) is 50.9 Å². The first-order chi connectivity index (χ1) is 14.7. The molecule has 2 aliphatic heterocycles. The molecular weight excluding hydrogens is 382 g/mol. The quantitative estimate of drug-likeness (QED) is 0.682. The summed E-state index contributed by atoms with van der Waals surface area (Å²) in [7, 11) is 3.28. The molecule has 6 nitrogen and oxygen atoms in total. The van der Waals surface area contributed by atoms with Crippen molar-refractivity contribution in [3.05, 3.63) is 53.6 Å². The molecule has 2 saturated heterocycles. The predicted molar refractivity (Wildman–Crippen MR) is 113 cm³/mol. The van der Waals surface area contributed by atoms with Gasteiger partial charge in [-0.25, -0.2) is 0 Å². The molecule has 2 aromatic rings. The molecule has 30 heavy (non-hydrogen) atoms. The number of likely N-dealkylation sites (tertiary alicyclic amines) is 1. The van der Waals surface area contributed by atoms with E-state index in [2.05, 4.69) is 0 Å². The fraction of sp³-hybridized carbons (Fsp3) is 0.458. The van der Waals surface area contributed by atoms with Crippen molar-refractivity contribution in [3.8, 4) is 17.2 Å². The summed E-state index contributed by atoms with van der Waals surface area (Å²) >= 11 is 0. The Kier molecular flexibility index (Phi) is 6.43. The topological polar surface area (TPSA) is 57.2 Å². The van der Waals surface area contributed by atoms with E-state index in [9.17, 15) is 4.79 Å². The molecule has 2 aromatic carbocycles. The van der Waals surface area contributed by atoms with Crippen molar-refractivity contribution in [2.45, 2.75) is 37.8 Å². The molecule has 2 heterocycles. The molecule has 0 aliphatic carbocycles. The molecule has 0 bridgehead atoms. The molecule has 0 N–H and O–H groups in total. The average molecular weight is 411 g/mol. The van der Waals surface area contributed by atoms with Gasteiger partial charge in [-0.2, -0.15) is 0 Å². The van der Waals surface area contributed by atoms with Gasteiger partial charge in [0.15, 0.2) is 0 Å². The van der Waals surface area contributed by atoms with Crippen LogP contribution in [0.4, 0.5) is 0 Å². The summed E-state index contributed by atoms with van der Waals surface area (Å²) in [5, 5.41) is 0. The summed E-state index contributed by atoms with van der Waals surface area (Å²) < 4.78 is 22.4. The lowest BCUT2D eigenvalue weighted by atomic mass is 10.0. The maximum absolute atomic E-state index is 13.3. The van der Waals surface area contributed by atoms with Crippen molar-refractivity contribution in [3.63, 3.8) is 0 Å². The van der Waals surface area contributed by atoms with Crippen molar-refractivity contribution in [2.75, 3.05) is 34.0 Å². The Hall–Kier alpha value is -2.73. The van der Waals surface area contributed by atoms with E-state index in [1.807, 2.05) is 47.4 Å². The molecule has 0 spiro atoms. The lowest BCUT2D eigenvalue weighted by Gasteiger charge is -2.27. The van der Waals surface area contributed by atoms with Crippen LogP contribution in [-0.2, 0) is 4.74 Å². The van der Waals surface area contributed by atoms with Gasteiger partial charge < -0.3 is 23.8 Å². The highest BCUT2D eigenvalue weighted by atomic mass is 16.5. The zero-order chi connectivity index (χ0) is 20.9. The van der Waals surface area contributed by atoms with E-state index in [-0.39, 0.29) is 18.1 Å². The minimum atomic E-state index is -0.0187. The van der Waals surface area contributed by atoms with E-state index in [0.29, 0.717) is 17.9 Å². The van der Waals surface area contributed by atoms with E-state index in [4.69, 9.17) is 18.9 Å². The minimum absolute atomic E-state index is 0.0120. The molecule has 2 fully saturated rings. The van der Waals surface area contributed by atoms with E-state index >= 15 is 0 Å². The van der Waals surface area contributed by atoms with Crippen molar-refractivity contribution >= 4 is 5.91 Å². The zero-order valence-electron chi connectivity index (χ0n) is 17.6. The summed E-state index contributed by atoms with van der Waals surface area (Å²) in [6.07, 6.45) is 4.12. The summed E-state index contributed by atoms with van der Waals surface area (Å²) in [5.74, 6) is 2.20. The van der Waals surface area contributed by atoms with Gasteiger partial charge in [0.05, 0.1) is 26.4 Å². The van der Waals surface area contributed by atoms with Crippen LogP contribution in [0, 0.1) is 0 Å². The predicted octanol–water partition coefficient (Wildman–Crippen LogP) is 4.24. The molecule has 4 rings (SSSR count). The Morgan fingerprint density at radius 3 is 2.73 bits per heavy atom. The minimum Gasteiger partial charge on any atom is -0.497 e. The lowest BCUT2D eigenvalue weighted by molar-refractivity contribution is 0.0676. The van der Waals surface area contributed by atoms with Gasteiger partial charge in [0.1, 0.15) is 23.9 Å². The second kappa shape index (κ2) is 9.39. The Bertz CT molecular complexity index is 878. The number of rotatable bonds is 7.